The van der Waals surface area contributed by atoms with Gasteiger partial charge < -0.3 is 24.8 Å². The number of aryl methyl sites for hydroxylation is 2. The Morgan fingerprint density at radius 3 is 2.12 bits per heavy atom. The van der Waals surface area contributed by atoms with Crippen molar-refractivity contribution in [2.75, 3.05) is 13.7 Å². The quantitative estimate of drug-likeness (QED) is 0.0536. The Balaban J connectivity index is 0.00000988. The maximum absolute atomic E-state index is 14.6. The summed E-state index contributed by atoms with van der Waals surface area (Å²) in [7, 11) is 1.37. The molecule has 73 heavy (non-hydrogen) atoms. The van der Waals surface area contributed by atoms with Gasteiger partial charge in [0.2, 0.25) is 22.8 Å². The molecule has 3 aromatic rings. The van der Waals surface area contributed by atoms with Gasteiger partial charge in [-0.1, -0.05) is 146 Å². The Labute approximate surface area is 452 Å². The minimum Gasteiger partial charge on any atom is -0.664 e. The second kappa shape index (κ2) is 27.9. The number of nitrogens with one attached hydrogen (secondary N) is 3. The molecule has 1 aromatic carbocycles. The topological polar surface area (TPSA) is 138 Å². The molecule has 0 radical (unpaired) electrons. The zero-order valence-corrected chi connectivity index (χ0v) is 47.5. The van der Waals surface area contributed by atoms with E-state index < -0.39 is 5.97 Å². The van der Waals surface area contributed by atoms with E-state index in [4.69, 9.17) is 19.4 Å². The molecule has 5 heterocycles. The summed E-state index contributed by atoms with van der Waals surface area (Å²) in [4.78, 5) is 59.7. The summed E-state index contributed by atoms with van der Waals surface area (Å²) in [6.07, 6.45) is 16.3. The van der Waals surface area contributed by atoms with Crippen LogP contribution in [0.15, 0.2) is 72.8 Å². The van der Waals surface area contributed by atoms with Crippen molar-refractivity contribution in [1.82, 2.24) is 15.3 Å². The third-order valence-corrected chi connectivity index (χ3v) is 15.3. The molecule has 4 atom stereocenters. The van der Waals surface area contributed by atoms with Crippen LogP contribution in [-0.4, -0.2) is 54.6 Å². The SMILES string of the molecule is C=CC1=C(C)c2cc3[n-]c(c(CC(=O)OC)c4[nH+]c(cc5[n-]c(cc1[nH+]2)c(C)c5CC)C(C)=C4C(=O)NCc1ccccc1)C(CCC(=O)OC/C=C(\C)CCCC(C)CCCC(C)CCCC(C)C)C3C.[Mg+2]. The van der Waals surface area contributed by atoms with Gasteiger partial charge in [-0.25, -0.2) is 9.97 Å². The number of fused-ring (bicyclic) bond motifs is 8. The van der Waals surface area contributed by atoms with Gasteiger partial charge in [0.05, 0.1) is 19.1 Å². The van der Waals surface area contributed by atoms with Gasteiger partial charge in [0.1, 0.15) is 12.2 Å². The molecule has 10 nitrogen and oxygen atoms in total. The van der Waals surface area contributed by atoms with E-state index in [-0.39, 0.29) is 66.2 Å². The van der Waals surface area contributed by atoms with Crippen LogP contribution in [0.4, 0.5) is 0 Å². The number of hydrogen-bond donors (Lipinski definition) is 1. The third-order valence-electron chi connectivity index (χ3n) is 15.3. The van der Waals surface area contributed by atoms with Crippen molar-refractivity contribution in [2.24, 2.45) is 17.8 Å². The molecule has 6 rings (SSSR count). The summed E-state index contributed by atoms with van der Waals surface area (Å²) in [5.74, 6) is 0.762. The number of carbonyl (C=O) groups is 3. The molecule has 3 aliphatic rings. The first kappa shape index (κ1) is 58.6. The van der Waals surface area contributed by atoms with Gasteiger partial charge in [0, 0.05) is 29.7 Å². The van der Waals surface area contributed by atoms with Crippen LogP contribution in [-0.2, 0) is 43.2 Å². The number of hydrogen-bond acceptors (Lipinski definition) is 5. The van der Waals surface area contributed by atoms with Gasteiger partial charge in [-0.15, -0.1) is 22.4 Å². The minimum absolute atomic E-state index is 0. The number of benzene rings is 1. The molecule has 4 unspecified atom stereocenters. The molecule has 3 aliphatic heterocycles. The summed E-state index contributed by atoms with van der Waals surface area (Å²) >= 11 is 0. The number of rotatable bonds is 24. The first-order valence-electron chi connectivity index (χ1n) is 26.8. The first-order valence-corrected chi connectivity index (χ1v) is 26.8. The molecular weight excluding hydrogens is 919 g/mol. The van der Waals surface area contributed by atoms with Crippen molar-refractivity contribution in [3.05, 3.63) is 129 Å². The third kappa shape index (κ3) is 15.4. The number of aromatic nitrogens is 4. The fourth-order valence-corrected chi connectivity index (χ4v) is 10.6. The minimum atomic E-state index is -0.477. The second-order valence-corrected chi connectivity index (χ2v) is 21.2. The van der Waals surface area contributed by atoms with E-state index in [1.807, 2.05) is 55.5 Å². The summed E-state index contributed by atoms with van der Waals surface area (Å²) in [6, 6.07) is 15.9. The van der Waals surface area contributed by atoms with Gasteiger partial charge in [0.15, 0.2) is 0 Å². The van der Waals surface area contributed by atoms with Crippen LogP contribution >= 0.6 is 0 Å². The number of H-pyrrole nitrogens is 2. The van der Waals surface area contributed by atoms with E-state index in [1.54, 1.807) is 0 Å². The summed E-state index contributed by atoms with van der Waals surface area (Å²) in [5, 5.41) is 3.16. The number of amides is 1. The molecule has 386 valence electrons. The second-order valence-electron chi connectivity index (χ2n) is 21.2. The number of ether oxygens (including phenoxy) is 2. The molecule has 2 aromatic heterocycles. The normalized spacial score (nSPS) is 16.0. The number of esters is 2. The number of methoxy groups -OCH3 is 1. The Morgan fingerprint density at radius 1 is 0.808 bits per heavy atom. The molecule has 0 saturated heterocycles. The Hall–Kier alpha value is -5.26. The van der Waals surface area contributed by atoms with Gasteiger partial charge in [-0.2, -0.15) is 0 Å². The molecule has 0 saturated carbocycles. The predicted octanol–water partition coefficient (Wildman–Crippen LogP) is 12.3. The largest absolute Gasteiger partial charge is 2.00 e. The fraction of sp³-hybridized carbons (Fsp3) is 0.500. The zero-order valence-electron chi connectivity index (χ0n) is 46.1. The van der Waals surface area contributed by atoms with Crippen LogP contribution in [0.5, 0.6) is 0 Å². The zero-order chi connectivity index (χ0) is 52.1. The van der Waals surface area contributed by atoms with Crippen LogP contribution < -0.4 is 25.3 Å². The van der Waals surface area contributed by atoms with Crippen molar-refractivity contribution < 1.29 is 33.8 Å². The van der Waals surface area contributed by atoms with Gasteiger partial charge in [-0.3, -0.25) is 14.4 Å². The summed E-state index contributed by atoms with van der Waals surface area (Å²) < 4.78 is 11.2. The Morgan fingerprint density at radius 2 is 1.47 bits per heavy atom. The van der Waals surface area contributed by atoms with Crippen LogP contribution in [0.2, 0.25) is 0 Å². The van der Waals surface area contributed by atoms with E-state index in [0.29, 0.717) is 52.7 Å². The first-order chi connectivity index (χ1) is 34.5. The van der Waals surface area contributed by atoms with Crippen molar-refractivity contribution >= 4 is 74.2 Å². The number of nitrogens with zero attached hydrogens (tertiary/aromatic N) is 2. The van der Waals surface area contributed by atoms with E-state index >= 15 is 0 Å². The van der Waals surface area contributed by atoms with Crippen molar-refractivity contribution in [2.45, 2.75) is 171 Å². The molecule has 8 bridgehead atoms. The van der Waals surface area contributed by atoms with E-state index in [2.05, 4.69) is 96.3 Å². The fourth-order valence-electron chi connectivity index (χ4n) is 10.6. The van der Waals surface area contributed by atoms with Crippen LogP contribution in [0.3, 0.4) is 0 Å². The van der Waals surface area contributed by atoms with Gasteiger partial charge in [0.25, 0.3) is 5.91 Å². The average Bonchev–Trinajstić information content (AvgIpc) is 4.04. The molecule has 1 amide bonds. The maximum atomic E-state index is 14.6. The van der Waals surface area contributed by atoms with E-state index in [9.17, 15) is 14.4 Å². The maximum Gasteiger partial charge on any atom is 2.00 e. The predicted molar refractivity (Wildman–Crippen MR) is 297 cm³/mol. The number of aromatic amines is 2. The van der Waals surface area contributed by atoms with Gasteiger partial charge in [-0.05, 0) is 113 Å². The summed E-state index contributed by atoms with van der Waals surface area (Å²) in [5.41, 5.74) is 14.0. The molecular formula is C62H83MgN5O5+2. The van der Waals surface area contributed by atoms with E-state index in [1.165, 1.54) is 57.6 Å². The molecule has 0 fully saturated rings. The number of allylic oxidation sites excluding steroid dienone is 5. The van der Waals surface area contributed by atoms with Crippen LogP contribution in [0.25, 0.3) is 33.3 Å². The number of carbonyl (C=O) groups excluding carboxylic acids is 3. The van der Waals surface area contributed by atoms with Crippen molar-refractivity contribution in [1.29, 1.82) is 0 Å². The van der Waals surface area contributed by atoms with Crippen LogP contribution in [0, 0.1) is 24.7 Å². The summed E-state index contributed by atoms with van der Waals surface area (Å²) in [6.45, 7) is 26.6. The van der Waals surface area contributed by atoms with E-state index in [0.717, 1.165) is 87.1 Å². The Kier molecular flexibility index (Phi) is 22.4. The van der Waals surface area contributed by atoms with Crippen LogP contribution in [0.1, 0.15) is 201 Å². The van der Waals surface area contributed by atoms with Crippen molar-refractivity contribution in [3.8, 4) is 0 Å². The van der Waals surface area contributed by atoms with Gasteiger partial charge >= 0.3 is 35.0 Å². The molecule has 11 heteroatoms. The molecule has 0 aliphatic carbocycles. The molecule has 0 spiro atoms. The smallest absolute Gasteiger partial charge is 0.664 e. The average molecular weight is 1000 g/mol. The van der Waals surface area contributed by atoms with Crippen molar-refractivity contribution in [3.63, 3.8) is 0 Å². The monoisotopic (exact) mass is 1000 g/mol. The standard InChI is InChI=1S/C62H82N5O5.Mg/c1-13-47-42(8)51-34-53-44(10)49(29-30-57(68)72-32-31-41(7)26-20-25-40(6)24-19-23-39(5)22-18-21-38(3)4)60(66-53)50(33-58(69)71-12)61-59(62(70)63-37-46-27-16-15-17-28-46)45(11)54(67-61)36-56-48(14-2)43(9)52(65-56)35-55(47)64-51;/h13,15-17,27-28,31,34-36,38-40,44,49H,1,14,18-26,29-30,32-33,37H2,2-12H3,(H2-,63,64,65,66,67,70);/q-1;+2/p+1/b41-31+;. The Bertz CT molecular complexity index is 2740. The molecule has 3 N–H and O–H groups in total.